The lowest BCUT2D eigenvalue weighted by Crippen LogP contribution is -2.37. The molecule has 0 saturated carbocycles. The number of rotatable bonds is 7. The van der Waals surface area contributed by atoms with Crippen molar-refractivity contribution in [3.8, 4) is 5.75 Å². The summed E-state index contributed by atoms with van der Waals surface area (Å²) in [4.78, 5) is 30.3. The van der Waals surface area contributed by atoms with E-state index in [4.69, 9.17) is 9.47 Å². The van der Waals surface area contributed by atoms with E-state index in [2.05, 4.69) is 15.1 Å². The summed E-state index contributed by atoms with van der Waals surface area (Å²) in [6.45, 7) is 12.9. The number of benzene rings is 1. The van der Waals surface area contributed by atoms with E-state index < -0.39 is 23.1 Å². The summed E-state index contributed by atoms with van der Waals surface area (Å²) in [5, 5.41) is 7.32. The molecule has 2 aliphatic heterocycles. The number of amides is 1. The molecule has 0 spiro atoms. The first-order valence-electron chi connectivity index (χ1n) is 13.0. The number of piperidine rings is 1. The first kappa shape index (κ1) is 26.9. The number of esters is 1. The minimum absolute atomic E-state index is 0.122. The van der Waals surface area contributed by atoms with Gasteiger partial charge in [0.2, 0.25) is 0 Å². The van der Waals surface area contributed by atoms with E-state index in [0.29, 0.717) is 12.3 Å². The third kappa shape index (κ3) is 6.04. The highest BCUT2D eigenvalue weighted by molar-refractivity contribution is 6.17. The number of aryl methyl sites for hydroxylation is 1. The van der Waals surface area contributed by atoms with Gasteiger partial charge in [-0.15, -0.1) is 0 Å². The van der Waals surface area contributed by atoms with Crippen LogP contribution in [0.25, 0.3) is 5.57 Å². The fourth-order valence-corrected chi connectivity index (χ4v) is 5.16. The molecule has 1 saturated heterocycles. The van der Waals surface area contributed by atoms with Crippen molar-refractivity contribution in [2.75, 3.05) is 32.8 Å². The molecule has 1 amide bonds. The zero-order valence-electron chi connectivity index (χ0n) is 22.4. The minimum Gasteiger partial charge on any atom is -0.489 e. The number of carbonyl (C=O) groups excluding carboxylic acids is 2. The van der Waals surface area contributed by atoms with Crippen molar-refractivity contribution in [2.24, 2.45) is 0 Å². The van der Waals surface area contributed by atoms with Crippen LogP contribution in [0.4, 0.5) is 4.39 Å². The number of hydrogen-bond donors (Lipinski definition) is 1. The van der Waals surface area contributed by atoms with Crippen LogP contribution in [-0.2, 0) is 14.9 Å². The second kappa shape index (κ2) is 11.0. The van der Waals surface area contributed by atoms with Crippen molar-refractivity contribution in [1.82, 2.24) is 20.0 Å². The van der Waals surface area contributed by atoms with Gasteiger partial charge in [0.15, 0.2) is 11.6 Å². The Kier molecular flexibility index (Phi) is 8.02. The Morgan fingerprint density at radius 3 is 2.59 bits per heavy atom. The maximum absolute atomic E-state index is 14.9. The molecule has 0 radical (unpaired) electrons. The van der Waals surface area contributed by atoms with Crippen molar-refractivity contribution in [1.29, 1.82) is 0 Å². The van der Waals surface area contributed by atoms with Crippen molar-refractivity contribution in [3.05, 3.63) is 52.7 Å². The minimum atomic E-state index is -0.592. The van der Waals surface area contributed by atoms with Gasteiger partial charge in [0, 0.05) is 41.5 Å². The molecule has 0 aliphatic carbocycles. The van der Waals surface area contributed by atoms with E-state index >= 15 is 0 Å². The number of halogens is 1. The summed E-state index contributed by atoms with van der Waals surface area (Å²) >= 11 is 0. The van der Waals surface area contributed by atoms with E-state index in [1.165, 1.54) is 42.5 Å². The quantitative estimate of drug-likeness (QED) is 0.552. The SMILES string of the molecule is Cc1[nH]nc2c1C(C)(C)CN(C(=O)c1ccc(OCCN3CCCCC3)c(F)c1)C=C2C(=O)OC(C)C. The van der Waals surface area contributed by atoms with E-state index in [1.54, 1.807) is 19.9 Å². The molecule has 200 valence electrons. The Balaban J connectivity index is 1.55. The summed E-state index contributed by atoms with van der Waals surface area (Å²) < 4.78 is 26.1. The van der Waals surface area contributed by atoms with Crippen LogP contribution in [0.1, 0.15) is 74.3 Å². The number of H-pyrrole nitrogens is 1. The number of nitrogens with one attached hydrogen (secondary N) is 1. The fourth-order valence-electron chi connectivity index (χ4n) is 5.16. The van der Waals surface area contributed by atoms with Gasteiger partial charge in [-0.3, -0.25) is 14.8 Å². The van der Waals surface area contributed by atoms with Crippen molar-refractivity contribution >= 4 is 17.4 Å². The van der Waals surface area contributed by atoms with Gasteiger partial charge in [-0.25, -0.2) is 9.18 Å². The fraction of sp³-hybridized carbons (Fsp3) is 0.536. The molecule has 3 heterocycles. The van der Waals surface area contributed by atoms with Crippen LogP contribution in [-0.4, -0.2) is 70.8 Å². The lowest BCUT2D eigenvalue weighted by atomic mass is 9.82. The largest absolute Gasteiger partial charge is 0.489 e. The van der Waals surface area contributed by atoms with Gasteiger partial charge < -0.3 is 14.4 Å². The van der Waals surface area contributed by atoms with Gasteiger partial charge in [-0.1, -0.05) is 20.3 Å². The van der Waals surface area contributed by atoms with Crippen LogP contribution in [0.3, 0.4) is 0 Å². The monoisotopic (exact) mass is 512 g/mol. The average molecular weight is 513 g/mol. The molecular formula is C28H37FN4O4. The maximum Gasteiger partial charge on any atom is 0.342 e. The third-order valence-corrected chi connectivity index (χ3v) is 6.85. The van der Waals surface area contributed by atoms with Gasteiger partial charge in [0.1, 0.15) is 17.9 Å². The van der Waals surface area contributed by atoms with Gasteiger partial charge in [-0.05, 0) is 64.9 Å². The van der Waals surface area contributed by atoms with E-state index in [0.717, 1.165) is 30.9 Å². The van der Waals surface area contributed by atoms with Crippen molar-refractivity contribution in [3.63, 3.8) is 0 Å². The average Bonchev–Trinajstić information content (AvgIpc) is 3.18. The third-order valence-electron chi connectivity index (χ3n) is 6.85. The normalized spacial score (nSPS) is 17.7. The Morgan fingerprint density at radius 2 is 1.92 bits per heavy atom. The van der Waals surface area contributed by atoms with E-state index in [9.17, 15) is 14.0 Å². The number of nitrogens with zero attached hydrogens (tertiary/aromatic N) is 3. The summed E-state index contributed by atoms with van der Waals surface area (Å²) in [6.07, 6.45) is 4.76. The molecule has 8 nitrogen and oxygen atoms in total. The zero-order chi connectivity index (χ0) is 26.7. The first-order chi connectivity index (χ1) is 17.6. The van der Waals surface area contributed by atoms with Crippen molar-refractivity contribution < 1.29 is 23.5 Å². The number of aromatic amines is 1. The van der Waals surface area contributed by atoms with Crippen molar-refractivity contribution in [2.45, 2.75) is 65.4 Å². The number of aromatic nitrogens is 2. The number of carbonyl (C=O) groups is 2. The highest BCUT2D eigenvalue weighted by atomic mass is 19.1. The second-order valence-corrected chi connectivity index (χ2v) is 10.8. The zero-order valence-corrected chi connectivity index (χ0v) is 22.4. The molecule has 1 fully saturated rings. The first-order valence-corrected chi connectivity index (χ1v) is 13.0. The molecule has 2 aromatic rings. The highest BCUT2D eigenvalue weighted by Gasteiger charge is 2.38. The summed E-state index contributed by atoms with van der Waals surface area (Å²) in [6, 6.07) is 4.25. The van der Waals surface area contributed by atoms with E-state index in [1.807, 2.05) is 20.8 Å². The molecule has 9 heteroatoms. The second-order valence-electron chi connectivity index (χ2n) is 10.8. The summed E-state index contributed by atoms with van der Waals surface area (Å²) in [7, 11) is 0. The Morgan fingerprint density at radius 1 is 1.19 bits per heavy atom. The highest BCUT2D eigenvalue weighted by Crippen LogP contribution is 2.37. The van der Waals surface area contributed by atoms with Gasteiger partial charge in [-0.2, -0.15) is 5.10 Å². The van der Waals surface area contributed by atoms with Gasteiger partial charge >= 0.3 is 5.97 Å². The predicted molar refractivity (Wildman–Crippen MR) is 139 cm³/mol. The summed E-state index contributed by atoms with van der Waals surface area (Å²) in [5.41, 5.74) is 1.95. The van der Waals surface area contributed by atoms with Crippen LogP contribution in [0.2, 0.25) is 0 Å². The predicted octanol–water partition coefficient (Wildman–Crippen LogP) is 4.45. The molecule has 4 rings (SSSR count). The maximum atomic E-state index is 14.9. The van der Waals surface area contributed by atoms with Crippen LogP contribution < -0.4 is 4.74 Å². The number of likely N-dealkylation sites (tertiary alicyclic amines) is 1. The van der Waals surface area contributed by atoms with Gasteiger partial charge in [0.25, 0.3) is 5.91 Å². The Hall–Kier alpha value is -3.20. The van der Waals surface area contributed by atoms with Crippen LogP contribution >= 0.6 is 0 Å². The lowest BCUT2D eigenvalue weighted by Gasteiger charge is -2.29. The smallest absolute Gasteiger partial charge is 0.342 e. The molecule has 37 heavy (non-hydrogen) atoms. The molecule has 0 atom stereocenters. The van der Waals surface area contributed by atoms with E-state index in [-0.39, 0.29) is 29.5 Å². The Bertz CT molecular complexity index is 1180. The molecule has 1 aromatic carbocycles. The Labute approximate surface area is 217 Å². The van der Waals surface area contributed by atoms with Crippen LogP contribution in [0, 0.1) is 12.7 Å². The molecule has 1 aromatic heterocycles. The van der Waals surface area contributed by atoms with Gasteiger partial charge in [0.05, 0.1) is 6.10 Å². The molecule has 1 N–H and O–H groups in total. The summed E-state index contributed by atoms with van der Waals surface area (Å²) in [5.74, 6) is -1.46. The molecule has 2 aliphatic rings. The van der Waals surface area contributed by atoms with Crippen LogP contribution in [0.5, 0.6) is 5.75 Å². The standard InChI is InChI=1S/C28H37FN4O4/c1-18(2)37-27(35)21-16-33(17-28(4,5)24-19(3)30-31-25(21)24)26(34)20-9-10-23(22(29)15-20)36-14-13-32-11-7-6-8-12-32/h9-10,15-16,18H,6-8,11-14,17H2,1-5H3,(H,30,31). The molecule has 0 bridgehead atoms. The molecule has 0 unspecified atom stereocenters. The molecular weight excluding hydrogens is 475 g/mol. The number of hydrogen-bond acceptors (Lipinski definition) is 6. The van der Waals surface area contributed by atoms with Crippen LogP contribution in [0.15, 0.2) is 24.4 Å². The topological polar surface area (TPSA) is 87.8 Å². The number of ether oxygens (including phenoxy) is 2. The number of fused-ring (bicyclic) bond motifs is 1. The lowest BCUT2D eigenvalue weighted by molar-refractivity contribution is -0.140.